The molecular formula is C15H23N3S. The predicted molar refractivity (Wildman–Crippen MR) is 81.6 cm³/mol. The van der Waals surface area contributed by atoms with Gasteiger partial charge in [0.15, 0.2) is 0 Å². The molecule has 0 aromatic carbocycles. The second-order valence-corrected chi connectivity index (χ2v) is 5.75. The molecule has 0 spiro atoms. The normalized spacial score (nSPS) is 12.7. The smallest absolute Gasteiger partial charge is 0.0492 e. The fourth-order valence-electron chi connectivity index (χ4n) is 2.29. The molecule has 19 heavy (non-hydrogen) atoms. The predicted octanol–water partition coefficient (Wildman–Crippen LogP) is 3.03. The summed E-state index contributed by atoms with van der Waals surface area (Å²) in [4.78, 5) is 0. The highest BCUT2D eigenvalue weighted by Crippen LogP contribution is 2.12. The van der Waals surface area contributed by atoms with E-state index in [2.05, 4.69) is 40.2 Å². The molecule has 4 heteroatoms. The number of hydrogen-bond acceptors (Lipinski definition) is 3. The first-order valence-corrected chi connectivity index (χ1v) is 7.95. The van der Waals surface area contributed by atoms with E-state index in [0.29, 0.717) is 6.04 Å². The largest absolute Gasteiger partial charge is 0.314 e. The van der Waals surface area contributed by atoms with Crippen molar-refractivity contribution < 1.29 is 0 Å². The van der Waals surface area contributed by atoms with Crippen molar-refractivity contribution in [1.82, 2.24) is 15.1 Å². The Bertz CT molecular complexity index is 461. The van der Waals surface area contributed by atoms with Crippen LogP contribution in [0.5, 0.6) is 0 Å². The van der Waals surface area contributed by atoms with E-state index in [0.717, 1.165) is 25.8 Å². The monoisotopic (exact) mass is 277 g/mol. The fourth-order valence-corrected chi connectivity index (χ4v) is 2.97. The maximum Gasteiger partial charge on any atom is 0.0492 e. The van der Waals surface area contributed by atoms with Crippen LogP contribution in [0.2, 0.25) is 0 Å². The summed E-state index contributed by atoms with van der Waals surface area (Å²) in [6.07, 6.45) is 6.44. The lowest BCUT2D eigenvalue weighted by atomic mass is 10.0. The quantitative estimate of drug-likeness (QED) is 0.804. The molecule has 2 aromatic heterocycles. The molecule has 2 rings (SSSR count). The first-order chi connectivity index (χ1) is 9.29. The minimum absolute atomic E-state index is 0.560. The van der Waals surface area contributed by atoms with E-state index in [1.165, 1.54) is 17.7 Å². The van der Waals surface area contributed by atoms with Crippen LogP contribution in [0.3, 0.4) is 0 Å². The number of hydrogen-bond donors (Lipinski definition) is 1. The average Bonchev–Trinajstić information content (AvgIpc) is 3.04. The number of nitrogens with zero attached hydrogens (tertiary/aromatic N) is 2. The Morgan fingerprint density at radius 1 is 1.42 bits per heavy atom. The summed E-state index contributed by atoms with van der Waals surface area (Å²) in [5.41, 5.74) is 2.76. The molecule has 0 saturated carbocycles. The fraction of sp³-hybridized carbons (Fsp3) is 0.533. The Kier molecular flexibility index (Phi) is 5.61. The van der Waals surface area contributed by atoms with Crippen molar-refractivity contribution in [3.05, 3.63) is 40.3 Å². The molecule has 1 unspecified atom stereocenters. The zero-order valence-electron chi connectivity index (χ0n) is 11.8. The Morgan fingerprint density at radius 3 is 2.95 bits per heavy atom. The number of thiophene rings is 1. The third-order valence-corrected chi connectivity index (χ3v) is 4.15. The second-order valence-electron chi connectivity index (χ2n) is 4.97. The Hall–Kier alpha value is -1.13. The standard InChI is InChI=1S/C15H23N3S/c1-3-8-16-14(11-13-7-10-19-12-13)4-5-15-6-9-17-18(15)2/h6-7,9-10,12,14,16H,3-5,8,11H2,1-2H3. The van der Waals surface area contributed by atoms with Crippen LogP contribution in [-0.2, 0) is 19.9 Å². The Morgan fingerprint density at radius 2 is 2.32 bits per heavy atom. The molecule has 2 aromatic rings. The first kappa shape index (κ1) is 14.3. The molecule has 104 valence electrons. The highest BCUT2D eigenvalue weighted by molar-refractivity contribution is 7.07. The minimum atomic E-state index is 0.560. The molecule has 0 bridgehead atoms. The summed E-state index contributed by atoms with van der Waals surface area (Å²) in [6.45, 7) is 3.32. The van der Waals surface area contributed by atoms with Crippen LogP contribution < -0.4 is 5.32 Å². The zero-order valence-corrected chi connectivity index (χ0v) is 12.6. The molecule has 1 atom stereocenters. The van der Waals surface area contributed by atoms with Crippen molar-refractivity contribution in [2.75, 3.05) is 6.54 Å². The van der Waals surface area contributed by atoms with Gasteiger partial charge >= 0.3 is 0 Å². The number of aromatic nitrogens is 2. The van der Waals surface area contributed by atoms with E-state index in [1.54, 1.807) is 11.3 Å². The highest BCUT2D eigenvalue weighted by Gasteiger charge is 2.10. The van der Waals surface area contributed by atoms with Gasteiger partial charge in [-0.2, -0.15) is 16.4 Å². The molecule has 0 amide bonds. The number of nitrogens with one attached hydrogen (secondary N) is 1. The van der Waals surface area contributed by atoms with Crippen molar-refractivity contribution >= 4 is 11.3 Å². The van der Waals surface area contributed by atoms with Gasteiger partial charge in [-0.25, -0.2) is 0 Å². The third kappa shape index (κ3) is 4.48. The molecule has 0 saturated heterocycles. The zero-order chi connectivity index (χ0) is 13.5. The molecular weight excluding hydrogens is 254 g/mol. The molecule has 0 aliphatic carbocycles. The van der Waals surface area contributed by atoms with Crippen molar-refractivity contribution in [2.24, 2.45) is 7.05 Å². The van der Waals surface area contributed by atoms with Crippen LogP contribution in [-0.4, -0.2) is 22.4 Å². The lowest BCUT2D eigenvalue weighted by molar-refractivity contribution is 0.472. The van der Waals surface area contributed by atoms with Gasteiger partial charge in [0.2, 0.25) is 0 Å². The second kappa shape index (κ2) is 7.46. The van der Waals surface area contributed by atoms with Gasteiger partial charge in [-0.15, -0.1) is 0 Å². The molecule has 3 nitrogen and oxygen atoms in total. The topological polar surface area (TPSA) is 29.9 Å². The summed E-state index contributed by atoms with van der Waals surface area (Å²) in [5, 5.41) is 12.3. The van der Waals surface area contributed by atoms with E-state index in [1.807, 2.05) is 17.9 Å². The lowest BCUT2D eigenvalue weighted by Gasteiger charge is -2.18. The van der Waals surface area contributed by atoms with E-state index in [-0.39, 0.29) is 0 Å². The SMILES string of the molecule is CCCNC(CCc1ccnn1C)Cc1ccsc1. The van der Waals surface area contributed by atoms with Gasteiger partial charge in [-0.1, -0.05) is 6.92 Å². The Labute approximate surface area is 119 Å². The summed E-state index contributed by atoms with van der Waals surface area (Å²) in [7, 11) is 2.02. The summed E-state index contributed by atoms with van der Waals surface area (Å²) >= 11 is 1.78. The molecule has 0 aliphatic rings. The molecule has 0 aliphatic heterocycles. The molecule has 1 N–H and O–H groups in total. The van der Waals surface area contributed by atoms with Crippen molar-refractivity contribution in [1.29, 1.82) is 0 Å². The molecule has 0 fully saturated rings. The number of rotatable bonds is 8. The van der Waals surface area contributed by atoms with Crippen molar-refractivity contribution in [2.45, 2.75) is 38.6 Å². The van der Waals surface area contributed by atoms with Crippen molar-refractivity contribution in [3.8, 4) is 0 Å². The number of aryl methyl sites for hydroxylation is 2. The minimum Gasteiger partial charge on any atom is -0.314 e. The van der Waals surface area contributed by atoms with Gasteiger partial charge in [0, 0.05) is 25.0 Å². The van der Waals surface area contributed by atoms with Crippen molar-refractivity contribution in [3.63, 3.8) is 0 Å². The summed E-state index contributed by atoms with van der Waals surface area (Å²) in [6, 6.07) is 4.90. The summed E-state index contributed by atoms with van der Waals surface area (Å²) in [5.74, 6) is 0. The maximum absolute atomic E-state index is 4.23. The van der Waals surface area contributed by atoms with Crippen LogP contribution in [0.4, 0.5) is 0 Å². The van der Waals surface area contributed by atoms with E-state index >= 15 is 0 Å². The molecule has 0 radical (unpaired) electrons. The van der Waals surface area contributed by atoms with E-state index in [4.69, 9.17) is 0 Å². The van der Waals surface area contributed by atoms with E-state index in [9.17, 15) is 0 Å². The van der Waals surface area contributed by atoms with Gasteiger partial charge in [0.25, 0.3) is 0 Å². The van der Waals surface area contributed by atoms with Crippen LogP contribution in [0, 0.1) is 0 Å². The average molecular weight is 277 g/mol. The van der Waals surface area contributed by atoms with Gasteiger partial charge < -0.3 is 5.32 Å². The highest BCUT2D eigenvalue weighted by atomic mass is 32.1. The van der Waals surface area contributed by atoms with Gasteiger partial charge in [0.05, 0.1) is 0 Å². The van der Waals surface area contributed by atoms with Gasteiger partial charge in [-0.05, 0) is 60.7 Å². The van der Waals surface area contributed by atoms with Gasteiger partial charge in [0.1, 0.15) is 0 Å². The van der Waals surface area contributed by atoms with Gasteiger partial charge in [-0.3, -0.25) is 4.68 Å². The maximum atomic E-state index is 4.23. The Balaban J connectivity index is 1.88. The molecule has 2 heterocycles. The van der Waals surface area contributed by atoms with Crippen LogP contribution in [0.15, 0.2) is 29.1 Å². The van der Waals surface area contributed by atoms with Crippen LogP contribution >= 0.6 is 11.3 Å². The van der Waals surface area contributed by atoms with E-state index < -0.39 is 0 Å². The summed E-state index contributed by atoms with van der Waals surface area (Å²) < 4.78 is 1.97. The van der Waals surface area contributed by atoms with Crippen LogP contribution in [0.25, 0.3) is 0 Å². The third-order valence-electron chi connectivity index (χ3n) is 3.42. The van der Waals surface area contributed by atoms with Crippen LogP contribution in [0.1, 0.15) is 31.0 Å². The first-order valence-electron chi connectivity index (χ1n) is 7.01. The lowest BCUT2D eigenvalue weighted by Crippen LogP contribution is -2.32.